The number of halogens is 1. The van der Waals surface area contributed by atoms with Crippen LogP contribution in [-0.2, 0) is 9.59 Å². The van der Waals surface area contributed by atoms with E-state index in [9.17, 15) is 9.59 Å². The Labute approximate surface area is 103 Å². The van der Waals surface area contributed by atoms with Gasteiger partial charge in [0.05, 0.1) is 10.9 Å². The first kappa shape index (κ1) is 11.6. The van der Waals surface area contributed by atoms with Crippen molar-refractivity contribution in [2.75, 3.05) is 5.01 Å². The molecule has 1 N–H and O–H groups in total. The second-order valence-electron chi connectivity index (χ2n) is 3.57. The molecule has 1 aliphatic rings. The molecule has 1 aromatic rings. The van der Waals surface area contributed by atoms with Crippen molar-refractivity contribution >= 4 is 29.3 Å². The summed E-state index contributed by atoms with van der Waals surface area (Å²) in [6.07, 6.45) is 2.05. The molecular formula is C11H10ClN3O2. The highest BCUT2D eigenvalue weighted by Crippen LogP contribution is 2.29. The molecule has 1 atom stereocenters. The van der Waals surface area contributed by atoms with E-state index in [0.29, 0.717) is 17.3 Å². The fraction of sp³-hybridized carbons (Fsp3) is 0.273. The molecule has 0 aromatic carbocycles. The molecule has 0 aliphatic carbocycles. The smallest absolute Gasteiger partial charge is 0.257 e. The standard InChI is InChI=1S/C11H10ClN3O2/c1-2-7-9(6-16)14-15(11(7)17)10-8(12)4-3-5-13-10/h3-5,7,14H,2H2,1H3. The van der Waals surface area contributed by atoms with E-state index in [1.807, 2.05) is 6.92 Å². The molecule has 1 aromatic heterocycles. The van der Waals surface area contributed by atoms with Gasteiger partial charge in [-0.15, -0.1) is 0 Å². The van der Waals surface area contributed by atoms with E-state index in [4.69, 9.17) is 11.6 Å². The van der Waals surface area contributed by atoms with Gasteiger partial charge in [0.1, 0.15) is 11.6 Å². The first-order valence-electron chi connectivity index (χ1n) is 5.15. The second kappa shape index (κ2) is 4.57. The Bertz CT molecular complexity index is 511. The zero-order chi connectivity index (χ0) is 12.4. The fourth-order valence-electron chi connectivity index (χ4n) is 1.70. The van der Waals surface area contributed by atoms with E-state index in [2.05, 4.69) is 10.4 Å². The number of hydrazine groups is 1. The summed E-state index contributed by atoms with van der Waals surface area (Å²) >= 11 is 5.95. The lowest BCUT2D eigenvalue weighted by atomic mass is 10.0. The van der Waals surface area contributed by atoms with Gasteiger partial charge in [-0.2, -0.15) is 0 Å². The van der Waals surface area contributed by atoms with Crippen LogP contribution < -0.4 is 10.4 Å². The van der Waals surface area contributed by atoms with Crippen molar-refractivity contribution in [3.63, 3.8) is 0 Å². The van der Waals surface area contributed by atoms with E-state index < -0.39 is 5.92 Å². The Morgan fingerprint density at radius 2 is 2.41 bits per heavy atom. The number of amides is 1. The molecule has 17 heavy (non-hydrogen) atoms. The SMILES string of the molecule is CCC1C(=O)N(c2ncccc2Cl)NC1=C=O. The summed E-state index contributed by atoms with van der Waals surface area (Å²) in [6.45, 7) is 1.82. The topological polar surface area (TPSA) is 62.3 Å². The predicted octanol–water partition coefficient (Wildman–Crippen LogP) is 1.33. The summed E-state index contributed by atoms with van der Waals surface area (Å²) < 4.78 is 0. The largest absolute Gasteiger partial charge is 0.282 e. The molecule has 1 aliphatic heterocycles. The fourth-order valence-corrected chi connectivity index (χ4v) is 1.91. The zero-order valence-electron chi connectivity index (χ0n) is 9.11. The van der Waals surface area contributed by atoms with Crippen LogP contribution in [0.2, 0.25) is 5.02 Å². The molecule has 2 rings (SSSR count). The maximum absolute atomic E-state index is 12.0. The molecule has 5 nitrogen and oxygen atoms in total. The molecule has 1 amide bonds. The van der Waals surface area contributed by atoms with Gasteiger partial charge in [-0.3, -0.25) is 10.2 Å². The van der Waals surface area contributed by atoms with Gasteiger partial charge >= 0.3 is 0 Å². The Kier molecular flexibility index (Phi) is 3.13. The number of nitrogens with zero attached hydrogens (tertiary/aromatic N) is 2. The monoisotopic (exact) mass is 251 g/mol. The molecule has 2 heterocycles. The molecule has 1 fully saturated rings. The van der Waals surface area contributed by atoms with Crippen molar-refractivity contribution < 1.29 is 9.59 Å². The van der Waals surface area contributed by atoms with Crippen molar-refractivity contribution in [3.05, 3.63) is 29.0 Å². The summed E-state index contributed by atoms with van der Waals surface area (Å²) in [7, 11) is 0. The van der Waals surface area contributed by atoms with Crippen molar-refractivity contribution in [3.8, 4) is 0 Å². The van der Waals surface area contributed by atoms with Crippen LogP contribution >= 0.6 is 11.6 Å². The summed E-state index contributed by atoms with van der Waals surface area (Å²) in [5.74, 6) is 1.29. The van der Waals surface area contributed by atoms with Crippen LogP contribution in [0, 0.1) is 5.92 Å². The molecule has 0 radical (unpaired) electrons. The van der Waals surface area contributed by atoms with Gasteiger partial charge in [0, 0.05) is 6.20 Å². The molecular weight excluding hydrogens is 242 g/mol. The van der Waals surface area contributed by atoms with Crippen molar-refractivity contribution in [2.45, 2.75) is 13.3 Å². The highest BCUT2D eigenvalue weighted by molar-refractivity contribution is 6.33. The van der Waals surface area contributed by atoms with Gasteiger partial charge in [0.15, 0.2) is 5.82 Å². The number of pyridine rings is 1. The second-order valence-corrected chi connectivity index (χ2v) is 3.98. The van der Waals surface area contributed by atoms with Crippen molar-refractivity contribution in [2.24, 2.45) is 5.92 Å². The third-order valence-corrected chi connectivity index (χ3v) is 2.86. The van der Waals surface area contributed by atoms with Crippen molar-refractivity contribution in [1.82, 2.24) is 10.4 Å². The lowest BCUT2D eigenvalue weighted by molar-refractivity contribution is -0.120. The molecule has 0 bridgehead atoms. The average Bonchev–Trinajstić information content (AvgIpc) is 2.66. The number of carbonyl (C=O) groups excluding carboxylic acids is 2. The van der Waals surface area contributed by atoms with Crippen LogP contribution in [0.1, 0.15) is 13.3 Å². The van der Waals surface area contributed by atoms with Crippen LogP contribution in [-0.4, -0.2) is 16.8 Å². The Morgan fingerprint density at radius 3 is 2.94 bits per heavy atom. The number of aromatic nitrogens is 1. The van der Waals surface area contributed by atoms with Gasteiger partial charge in [-0.25, -0.2) is 14.8 Å². The molecule has 1 saturated heterocycles. The highest BCUT2D eigenvalue weighted by Gasteiger charge is 2.37. The lowest BCUT2D eigenvalue weighted by Crippen LogP contribution is -2.35. The third-order valence-electron chi connectivity index (χ3n) is 2.57. The Balaban J connectivity index is 2.40. The number of anilines is 1. The normalized spacial score (nSPS) is 19.2. The van der Waals surface area contributed by atoms with E-state index >= 15 is 0 Å². The van der Waals surface area contributed by atoms with E-state index in [1.54, 1.807) is 18.1 Å². The molecule has 6 heteroatoms. The molecule has 0 saturated carbocycles. The van der Waals surface area contributed by atoms with Gasteiger partial charge in [0.25, 0.3) is 5.91 Å². The maximum Gasteiger partial charge on any atom is 0.257 e. The average molecular weight is 252 g/mol. The van der Waals surface area contributed by atoms with Crippen LogP contribution in [0.4, 0.5) is 5.82 Å². The minimum absolute atomic E-state index is 0.221. The van der Waals surface area contributed by atoms with Crippen LogP contribution in [0.15, 0.2) is 24.0 Å². The highest BCUT2D eigenvalue weighted by atomic mass is 35.5. The van der Waals surface area contributed by atoms with Gasteiger partial charge < -0.3 is 0 Å². The first-order valence-corrected chi connectivity index (χ1v) is 5.53. The predicted molar refractivity (Wildman–Crippen MR) is 62.9 cm³/mol. The lowest BCUT2D eigenvalue weighted by Gasteiger charge is -2.15. The first-order chi connectivity index (χ1) is 8.19. The number of carbonyl (C=O) groups is 1. The molecule has 1 unspecified atom stereocenters. The number of hydrogen-bond donors (Lipinski definition) is 1. The van der Waals surface area contributed by atoms with Crippen LogP contribution in [0.3, 0.4) is 0 Å². The summed E-state index contributed by atoms with van der Waals surface area (Å²) in [5, 5.41) is 1.53. The van der Waals surface area contributed by atoms with E-state index in [0.717, 1.165) is 0 Å². The maximum atomic E-state index is 12.0. The van der Waals surface area contributed by atoms with Gasteiger partial charge in [-0.05, 0) is 18.6 Å². The summed E-state index contributed by atoms with van der Waals surface area (Å²) in [5.41, 5.74) is 2.90. The summed E-state index contributed by atoms with van der Waals surface area (Å²) in [6, 6.07) is 3.29. The Hall–Kier alpha value is -1.84. The molecule has 88 valence electrons. The third kappa shape index (κ3) is 1.90. The van der Waals surface area contributed by atoms with Gasteiger partial charge in [-0.1, -0.05) is 18.5 Å². The zero-order valence-corrected chi connectivity index (χ0v) is 9.86. The Morgan fingerprint density at radius 1 is 1.65 bits per heavy atom. The van der Waals surface area contributed by atoms with Crippen LogP contribution in [0.25, 0.3) is 0 Å². The summed E-state index contributed by atoms with van der Waals surface area (Å²) in [4.78, 5) is 26.8. The van der Waals surface area contributed by atoms with Gasteiger partial charge in [0.2, 0.25) is 0 Å². The minimum atomic E-state index is -0.495. The quantitative estimate of drug-likeness (QED) is 0.806. The van der Waals surface area contributed by atoms with E-state index in [1.165, 1.54) is 11.2 Å². The molecule has 0 spiro atoms. The number of rotatable bonds is 2. The minimum Gasteiger partial charge on any atom is -0.282 e. The van der Waals surface area contributed by atoms with Crippen molar-refractivity contribution in [1.29, 1.82) is 0 Å². The van der Waals surface area contributed by atoms with E-state index in [-0.39, 0.29) is 11.6 Å². The number of hydrogen-bond acceptors (Lipinski definition) is 4. The van der Waals surface area contributed by atoms with Crippen LogP contribution in [0.5, 0.6) is 0 Å². The number of nitrogens with one attached hydrogen (secondary N) is 1.